The van der Waals surface area contributed by atoms with Gasteiger partial charge in [0.25, 0.3) is 11.6 Å². The van der Waals surface area contributed by atoms with E-state index in [4.69, 9.17) is 4.74 Å². The minimum atomic E-state index is -0.899. The van der Waals surface area contributed by atoms with Crippen molar-refractivity contribution >= 4 is 23.3 Å². The molecule has 1 aromatic carbocycles. The zero-order chi connectivity index (χ0) is 17.0. The minimum absolute atomic E-state index is 0.0388. The van der Waals surface area contributed by atoms with Gasteiger partial charge in [-0.2, -0.15) is 0 Å². The first-order chi connectivity index (χ1) is 10.9. The largest absolute Gasteiger partial charge is 0.451 e. The summed E-state index contributed by atoms with van der Waals surface area (Å²) >= 11 is 0. The van der Waals surface area contributed by atoms with Crippen molar-refractivity contribution in [1.29, 1.82) is 0 Å². The molecule has 0 fully saturated rings. The summed E-state index contributed by atoms with van der Waals surface area (Å²) in [6.07, 6.45) is 1.15. The molecular formula is C14H12FN3O5. The molecule has 0 saturated heterocycles. The number of hydrogen-bond donors (Lipinski definition) is 1. The number of anilines is 1. The summed E-state index contributed by atoms with van der Waals surface area (Å²) in [5, 5.41) is 12.9. The van der Waals surface area contributed by atoms with Crippen molar-refractivity contribution in [2.24, 2.45) is 7.05 Å². The van der Waals surface area contributed by atoms with Gasteiger partial charge in [-0.1, -0.05) is 12.1 Å². The van der Waals surface area contributed by atoms with Crippen LogP contribution < -0.4 is 5.32 Å². The number of carbonyl (C=O) groups is 2. The molecule has 0 unspecified atom stereocenters. The summed E-state index contributed by atoms with van der Waals surface area (Å²) in [7, 11) is 1.43. The standard InChI is InChI=1S/C14H12FN3O5/c1-17-7-9(18(21)22)6-12(17)14(20)23-8-13(19)16-11-5-3-2-4-10(11)15/h2-7H,8H2,1H3,(H,16,19). The van der Waals surface area contributed by atoms with E-state index in [2.05, 4.69) is 5.32 Å². The van der Waals surface area contributed by atoms with Crippen LogP contribution >= 0.6 is 0 Å². The lowest BCUT2D eigenvalue weighted by molar-refractivity contribution is -0.384. The highest BCUT2D eigenvalue weighted by Gasteiger charge is 2.19. The molecule has 2 aromatic rings. The molecule has 0 spiro atoms. The van der Waals surface area contributed by atoms with Crippen molar-refractivity contribution in [2.45, 2.75) is 0 Å². The molecule has 1 heterocycles. The van der Waals surface area contributed by atoms with E-state index in [0.29, 0.717) is 0 Å². The molecule has 23 heavy (non-hydrogen) atoms. The van der Waals surface area contributed by atoms with Crippen molar-refractivity contribution < 1.29 is 23.6 Å². The zero-order valence-corrected chi connectivity index (χ0v) is 12.0. The predicted octanol–water partition coefficient (Wildman–Crippen LogP) is 1.87. The normalized spacial score (nSPS) is 10.2. The molecule has 0 radical (unpaired) electrons. The number of hydrogen-bond acceptors (Lipinski definition) is 5. The van der Waals surface area contributed by atoms with Crippen LogP contribution in [0.4, 0.5) is 15.8 Å². The van der Waals surface area contributed by atoms with Crippen LogP contribution in [0.15, 0.2) is 36.5 Å². The number of aromatic nitrogens is 1. The number of aryl methyl sites for hydroxylation is 1. The number of nitrogens with zero attached hydrogens (tertiary/aromatic N) is 2. The Hall–Kier alpha value is -3.23. The van der Waals surface area contributed by atoms with Gasteiger partial charge in [-0.05, 0) is 12.1 Å². The van der Waals surface area contributed by atoms with Gasteiger partial charge in [-0.3, -0.25) is 14.9 Å². The molecule has 1 N–H and O–H groups in total. The van der Waals surface area contributed by atoms with Crippen LogP contribution in [0.25, 0.3) is 0 Å². The predicted molar refractivity (Wildman–Crippen MR) is 77.4 cm³/mol. The molecular weight excluding hydrogens is 309 g/mol. The molecule has 0 aliphatic heterocycles. The Labute approximate surface area is 129 Å². The fraction of sp³-hybridized carbons (Fsp3) is 0.143. The van der Waals surface area contributed by atoms with Gasteiger partial charge < -0.3 is 14.6 Å². The smallest absolute Gasteiger partial charge is 0.355 e. The Morgan fingerprint density at radius 1 is 1.39 bits per heavy atom. The first-order valence-electron chi connectivity index (χ1n) is 6.40. The second-order valence-corrected chi connectivity index (χ2v) is 4.56. The van der Waals surface area contributed by atoms with Crippen LogP contribution in [0.3, 0.4) is 0 Å². The second-order valence-electron chi connectivity index (χ2n) is 4.56. The third-order valence-corrected chi connectivity index (χ3v) is 2.89. The molecule has 1 aromatic heterocycles. The van der Waals surface area contributed by atoms with E-state index in [9.17, 15) is 24.1 Å². The summed E-state index contributed by atoms with van der Waals surface area (Å²) in [5.74, 6) is -2.25. The van der Waals surface area contributed by atoms with Gasteiger partial charge in [0.15, 0.2) is 6.61 Å². The Kier molecular flexibility index (Phi) is 4.69. The van der Waals surface area contributed by atoms with Crippen molar-refractivity contribution in [1.82, 2.24) is 4.57 Å². The van der Waals surface area contributed by atoms with E-state index >= 15 is 0 Å². The molecule has 8 nitrogen and oxygen atoms in total. The van der Waals surface area contributed by atoms with Gasteiger partial charge >= 0.3 is 5.97 Å². The van der Waals surface area contributed by atoms with Crippen LogP contribution in [-0.4, -0.2) is 28.0 Å². The van der Waals surface area contributed by atoms with Gasteiger partial charge in [-0.25, -0.2) is 9.18 Å². The quantitative estimate of drug-likeness (QED) is 0.514. The fourth-order valence-corrected chi connectivity index (χ4v) is 1.80. The number of esters is 1. The molecule has 120 valence electrons. The maximum absolute atomic E-state index is 13.4. The fourth-order valence-electron chi connectivity index (χ4n) is 1.80. The van der Waals surface area contributed by atoms with Gasteiger partial charge in [0.1, 0.15) is 11.5 Å². The summed E-state index contributed by atoms with van der Waals surface area (Å²) < 4.78 is 19.3. The number of halogens is 1. The lowest BCUT2D eigenvalue weighted by Crippen LogP contribution is -2.22. The number of nitrogens with one attached hydrogen (secondary N) is 1. The Balaban J connectivity index is 1.95. The van der Waals surface area contributed by atoms with E-state index in [1.54, 1.807) is 0 Å². The zero-order valence-electron chi connectivity index (χ0n) is 12.0. The van der Waals surface area contributed by atoms with Gasteiger partial charge in [0, 0.05) is 13.1 Å². The molecule has 0 aliphatic rings. The molecule has 0 saturated carbocycles. The van der Waals surface area contributed by atoms with E-state index in [0.717, 1.165) is 12.3 Å². The third kappa shape index (κ3) is 3.90. The first-order valence-corrected chi connectivity index (χ1v) is 6.40. The van der Waals surface area contributed by atoms with Crippen LogP contribution in [0.2, 0.25) is 0 Å². The van der Waals surface area contributed by atoms with Gasteiger partial charge in [0.05, 0.1) is 16.8 Å². The van der Waals surface area contributed by atoms with E-state index in [1.165, 1.54) is 35.9 Å². The molecule has 9 heteroatoms. The highest BCUT2D eigenvalue weighted by atomic mass is 19.1. The van der Waals surface area contributed by atoms with Crippen molar-refractivity contribution in [2.75, 3.05) is 11.9 Å². The maximum Gasteiger partial charge on any atom is 0.355 e. The number of rotatable bonds is 5. The molecule has 0 aliphatic carbocycles. The highest BCUT2D eigenvalue weighted by molar-refractivity contribution is 5.95. The van der Waals surface area contributed by atoms with E-state index in [1.807, 2.05) is 0 Å². The number of nitro groups is 1. The van der Waals surface area contributed by atoms with Crippen LogP contribution in [0.5, 0.6) is 0 Å². The van der Waals surface area contributed by atoms with E-state index in [-0.39, 0.29) is 17.1 Å². The number of benzene rings is 1. The molecule has 0 bridgehead atoms. The van der Waals surface area contributed by atoms with Crippen LogP contribution in [-0.2, 0) is 16.6 Å². The Bertz CT molecular complexity index is 772. The van der Waals surface area contributed by atoms with Gasteiger partial charge in [-0.15, -0.1) is 0 Å². The average Bonchev–Trinajstić information content (AvgIpc) is 2.89. The summed E-state index contributed by atoms with van der Waals surface area (Å²) in [6.45, 7) is -0.647. The third-order valence-electron chi connectivity index (χ3n) is 2.89. The summed E-state index contributed by atoms with van der Waals surface area (Å²) in [6, 6.07) is 6.57. The van der Waals surface area contributed by atoms with Crippen molar-refractivity contribution in [3.8, 4) is 0 Å². The summed E-state index contributed by atoms with van der Waals surface area (Å²) in [5.41, 5.74) is -0.381. The Morgan fingerprint density at radius 2 is 2.09 bits per heavy atom. The average molecular weight is 321 g/mol. The Morgan fingerprint density at radius 3 is 2.70 bits per heavy atom. The second kappa shape index (κ2) is 6.69. The number of carbonyl (C=O) groups excluding carboxylic acids is 2. The lowest BCUT2D eigenvalue weighted by Gasteiger charge is -2.07. The SMILES string of the molecule is Cn1cc([N+](=O)[O-])cc1C(=O)OCC(=O)Nc1ccccc1F. The van der Waals surface area contributed by atoms with Crippen LogP contribution in [0.1, 0.15) is 10.5 Å². The van der Waals surface area contributed by atoms with Crippen LogP contribution in [0, 0.1) is 15.9 Å². The molecule has 2 rings (SSSR count). The number of amides is 1. The van der Waals surface area contributed by atoms with Crippen molar-refractivity contribution in [3.05, 3.63) is 58.2 Å². The topological polar surface area (TPSA) is 103 Å². The summed E-state index contributed by atoms with van der Waals surface area (Å²) in [4.78, 5) is 33.4. The molecule has 0 atom stereocenters. The van der Waals surface area contributed by atoms with Gasteiger partial charge in [0.2, 0.25) is 0 Å². The lowest BCUT2D eigenvalue weighted by atomic mass is 10.3. The number of ether oxygens (including phenoxy) is 1. The van der Waals surface area contributed by atoms with Crippen molar-refractivity contribution in [3.63, 3.8) is 0 Å². The highest BCUT2D eigenvalue weighted by Crippen LogP contribution is 2.16. The monoisotopic (exact) mass is 321 g/mol. The van der Waals surface area contributed by atoms with E-state index < -0.39 is 29.2 Å². The number of para-hydroxylation sites is 1. The minimum Gasteiger partial charge on any atom is -0.451 e. The maximum atomic E-state index is 13.4. The first kappa shape index (κ1) is 16.1. The molecule has 1 amide bonds.